The Hall–Kier alpha value is -0.860. The van der Waals surface area contributed by atoms with Crippen molar-refractivity contribution in [2.24, 2.45) is 0 Å². The molecule has 2 atom stereocenters. The van der Waals surface area contributed by atoms with Crippen LogP contribution >= 0.6 is 24.0 Å². The standard InChI is InChI=1S/C16H26ClN3O3S.ClH/c1-5-20(6-2)11(3)19-16(21)12-9-13(17)14(18)10-15(12)23-7-8-24(4)22;/h9-11H,5-8,18H2,1-4H3,(H,19,21);1H. The van der Waals surface area contributed by atoms with Crippen molar-refractivity contribution in [2.75, 3.05) is 37.4 Å². The second-order valence-electron chi connectivity index (χ2n) is 5.37. The Bertz CT molecular complexity index is 558. The molecule has 2 unspecified atom stereocenters. The van der Waals surface area contributed by atoms with E-state index in [9.17, 15) is 9.35 Å². The molecule has 1 rings (SSSR count). The fourth-order valence-electron chi connectivity index (χ4n) is 2.27. The Morgan fingerprint density at radius 2 is 2.04 bits per heavy atom. The van der Waals surface area contributed by atoms with Gasteiger partial charge in [-0.25, -0.2) is 0 Å². The van der Waals surface area contributed by atoms with E-state index in [0.29, 0.717) is 27.8 Å². The van der Waals surface area contributed by atoms with Crippen molar-refractivity contribution in [3.05, 3.63) is 22.7 Å². The van der Waals surface area contributed by atoms with Gasteiger partial charge in [-0.15, -0.1) is 12.4 Å². The second kappa shape index (κ2) is 11.7. The molecule has 1 amide bonds. The molecular formula is C16H27Cl2N3O3S. The fourth-order valence-corrected chi connectivity index (χ4v) is 2.75. The maximum Gasteiger partial charge on any atom is 0.256 e. The molecule has 6 nitrogen and oxygen atoms in total. The van der Waals surface area contributed by atoms with Crippen molar-refractivity contribution >= 4 is 46.8 Å². The predicted molar refractivity (Wildman–Crippen MR) is 107 cm³/mol. The zero-order valence-corrected chi connectivity index (χ0v) is 17.4. The van der Waals surface area contributed by atoms with Crippen LogP contribution in [-0.2, 0) is 11.2 Å². The number of amides is 1. The topological polar surface area (TPSA) is 90.7 Å². The number of nitrogens with zero attached hydrogens (tertiary/aromatic N) is 1. The highest BCUT2D eigenvalue weighted by Gasteiger charge is 2.19. The molecule has 0 aliphatic rings. The molecule has 1 aromatic carbocycles. The minimum absolute atomic E-state index is 0. The Morgan fingerprint density at radius 1 is 1.44 bits per heavy atom. The summed E-state index contributed by atoms with van der Waals surface area (Å²) in [5, 5.41) is 3.23. The molecule has 0 saturated heterocycles. The SMILES string of the molecule is CCN(CC)C(C)NC(=O)c1cc(Cl)c(N)cc1OCC[S+](C)[O-].Cl. The van der Waals surface area contributed by atoms with E-state index in [1.807, 2.05) is 20.8 Å². The first-order chi connectivity index (χ1) is 11.3. The molecule has 9 heteroatoms. The number of nitrogens with two attached hydrogens (primary N) is 1. The van der Waals surface area contributed by atoms with Crippen molar-refractivity contribution in [1.82, 2.24) is 10.2 Å². The molecule has 0 bridgehead atoms. The van der Waals surface area contributed by atoms with Crippen molar-refractivity contribution in [2.45, 2.75) is 26.9 Å². The third kappa shape index (κ3) is 7.50. The predicted octanol–water partition coefficient (Wildman–Crippen LogP) is 2.52. The van der Waals surface area contributed by atoms with Crippen molar-refractivity contribution in [3.8, 4) is 5.75 Å². The number of hydrogen-bond acceptors (Lipinski definition) is 5. The van der Waals surface area contributed by atoms with Crippen LogP contribution in [0.5, 0.6) is 5.75 Å². The van der Waals surface area contributed by atoms with Gasteiger partial charge in [0.15, 0.2) is 0 Å². The van der Waals surface area contributed by atoms with Crippen LogP contribution in [0.15, 0.2) is 12.1 Å². The normalized spacial score (nSPS) is 13.1. The number of halogens is 2. The zero-order valence-electron chi connectivity index (χ0n) is 15.0. The van der Waals surface area contributed by atoms with Gasteiger partial charge in [-0.2, -0.15) is 0 Å². The molecular weight excluding hydrogens is 385 g/mol. The van der Waals surface area contributed by atoms with Crippen molar-refractivity contribution in [1.29, 1.82) is 0 Å². The smallest absolute Gasteiger partial charge is 0.256 e. The van der Waals surface area contributed by atoms with E-state index in [4.69, 9.17) is 22.1 Å². The molecule has 0 fully saturated rings. The first-order valence-corrected chi connectivity index (χ1v) is 9.97. The van der Waals surface area contributed by atoms with Gasteiger partial charge in [0.05, 0.1) is 28.7 Å². The number of carbonyl (C=O) groups is 1. The molecule has 0 aromatic heterocycles. The Kier molecular flexibility index (Phi) is 11.3. The average Bonchev–Trinajstić information content (AvgIpc) is 2.51. The van der Waals surface area contributed by atoms with Crippen molar-refractivity contribution in [3.63, 3.8) is 0 Å². The summed E-state index contributed by atoms with van der Waals surface area (Å²) in [4.78, 5) is 14.7. The lowest BCUT2D eigenvalue weighted by atomic mass is 10.1. The number of carbonyl (C=O) groups excluding carboxylic acids is 1. The highest BCUT2D eigenvalue weighted by Crippen LogP contribution is 2.29. The molecule has 0 radical (unpaired) electrons. The number of nitrogen functional groups attached to an aromatic ring is 1. The lowest BCUT2D eigenvalue weighted by molar-refractivity contribution is 0.0871. The van der Waals surface area contributed by atoms with Crippen LogP contribution < -0.4 is 15.8 Å². The van der Waals surface area contributed by atoms with Crippen LogP contribution in [-0.4, -0.2) is 53.2 Å². The van der Waals surface area contributed by atoms with Gasteiger partial charge in [0.25, 0.3) is 5.91 Å². The second-order valence-corrected chi connectivity index (χ2v) is 7.33. The van der Waals surface area contributed by atoms with Gasteiger partial charge in [-0.05, 0) is 26.1 Å². The van der Waals surface area contributed by atoms with Gasteiger partial charge < -0.3 is 20.3 Å². The lowest BCUT2D eigenvalue weighted by Gasteiger charge is -2.27. The maximum atomic E-state index is 12.6. The van der Waals surface area contributed by atoms with Crippen molar-refractivity contribution < 1.29 is 14.1 Å². The quantitative estimate of drug-likeness (QED) is 0.370. The average molecular weight is 412 g/mol. The van der Waals surface area contributed by atoms with Gasteiger partial charge in [0, 0.05) is 6.07 Å². The summed E-state index contributed by atoms with van der Waals surface area (Å²) in [6.07, 6.45) is 1.47. The Labute approximate surface area is 164 Å². The summed E-state index contributed by atoms with van der Waals surface area (Å²) in [6, 6.07) is 3.03. The highest BCUT2D eigenvalue weighted by atomic mass is 35.5. The summed E-state index contributed by atoms with van der Waals surface area (Å²) >= 11 is 5.07. The molecule has 0 spiro atoms. The molecule has 3 N–H and O–H groups in total. The van der Waals surface area contributed by atoms with Gasteiger partial charge in [0.1, 0.15) is 18.1 Å². The summed E-state index contributed by atoms with van der Waals surface area (Å²) in [5.41, 5.74) is 6.45. The minimum atomic E-state index is -0.974. The van der Waals surface area contributed by atoms with Crippen LogP contribution in [0.2, 0.25) is 5.02 Å². The van der Waals surface area contributed by atoms with E-state index in [2.05, 4.69) is 10.2 Å². The Morgan fingerprint density at radius 3 is 2.56 bits per heavy atom. The van der Waals surface area contributed by atoms with E-state index < -0.39 is 11.2 Å². The number of nitrogens with one attached hydrogen (secondary N) is 1. The third-order valence-electron chi connectivity index (χ3n) is 3.67. The molecule has 0 saturated carbocycles. The fraction of sp³-hybridized carbons (Fsp3) is 0.562. The summed E-state index contributed by atoms with van der Waals surface area (Å²) < 4.78 is 16.8. The van der Waals surface area contributed by atoms with Gasteiger partial charge in [0.2, 0.25) is 0 Å². The number of ether oxygens (including phenoxy) is 1. The van der Waals surface area contributed by atoms with Crippen LogP contribution in [0.3, 0.4) is 0 Å². The van der Waals surface area contributed by atoms with Crippen LogP contribution in [0.25, 0.3) is 0 Å². The molecule has 0 heterocycles. The zero-order chi connectivity index (χ0) is 18.3. The van der Waals surface area contributed by atoms with E-state index in [1.165, 1.54) is 12.1 Å². The van der Waals surface area contributed by atoms with E-state index >= 15 is 0 Å². The van der Waals surface area contributed by atoms with E-state index in [1.54, 1.807) is 6.26 Å². The van der Waals surface area contributed by atoms with Crippen LogP contribution in [0.1, 0.15) is 31.1 Å². The van der Waals surface area contributed by atoms with E-state index in [0.717, 1.165) is 13.1 Å². The monoisotopic (exact) mass is 411 g/mol. The molecule has 1 aromatic rings. The van der Waals surface area contributed by atoms with Crippen LogP contribution in [0, 0.1) is 0 Å². The summed E-state index contributed by atoms with van der Waals surface area (Å²) in [6.45, 7) is 7.87. The molecule has 25 heavy (non-hydrogen) atoms. The Balaban J connectivity index is 0.00000576. The van der Waals surface area contributed by atoms with Gasteiger partial charge in [-0.3, -0.25) is 9.69 Å². The first-order valence-electron chi connectivity index (χ1n) is 7.86. The maximum absolute atomic E-state index is 12.6. The lowest BCUT2D eigenvalue weighted by Crippen LogP contribution is -2.46. The molecule has 144 valence electrons. The van der Waals surface area contributed by atoms with E-state index in [-0.39, 0.29) is 31.1 Å². The number of anilines is 1. The minimum Gasteiger partial charge on any atom is -0.616 e. The summed E-state index contributed by atoms with van der Waals surface area (Å²) in [5.74, 6) is 0.426. The van der Waals surface area contributed by atoms with Crippen LogP contribution in [0.4, 0.5) is 5.69 Å². The van der Waals surface area contributed by atoms with Gasteiger partial charge >= 0.3 is 0 Å². The highest BCUT2D eigenvalue weighted by molar-refractivity contribution is 7.90. The largest absolute Gasteiger partial charge is 0.616 e. The number of rotatable bonds is 9. The number of benzene rings is 1. The number of hydrogen-bond donors (Lipinski definition) is 2. The third-order valence-corrected chi connectivity index (χ3v) is 4.74. The molecule has 0 aliphatic carbocycles. The summed E-state index contributed by atoms with van der Waals surface area (Å²) in [7, 11) is 0. The molecule has 0 aliphatic heterocycles. The van der Waals surface area contributed by atoms with Gasteiger partial charge in [-0.1, -0.05) is 36.6 Å². The first kappa shape index (κ1) is 24.1.